The molecular formula is C19H22ClN. The summed E-state index contributed by atoms with van der Waals surface area (Å²) in [4.78, 5) is 2.51. The van der Waals surface area contributed by atoms with Gasteiger partial charge in [0, 0.05) is 19.0 Å². The van der Waals surface area contributed by atoms with Crippen molar-refractivity contribution >= 4 is 12.4 Å². The lowest BCUT2D eigenvalue weighted by molar-refractivity contribution is 0.351. The van der Waals surface area contributed by atoms with Crippen LogP contribution in [0.15, 0.2) is 54.6 Å². The standard InChI is InChI=1S/C19H21N.ClH/c1-20-12-16-11-15-9-5-6-10-17(15)19(18(16)13-20)14-7-3-2-4-8-14;/h2-10,16,18-19H,11-13H2,1H3;1H. The normalized spacial score (nSPS) is 27.6. The minimum Gasteiger partial charge on any atom is -0.306 e. The molecule has 1 fully saturated rings. The number of halogens is 1. The van der Waals surface area contributed by atoms with Gasteiger partial charge >= 0.3 is 0 Å². The van der Waals surface area contributed by atoms with Gasteiger partial charge in [-0.2, -0.15) is 0 Å². The SMILES string of the molecule is CN1CC2Cc3ccccc3C(c3ccccc3)C2C1.Cl. The van der Waals surface area contributed by atoms with Crippen LogP contribution in [-0.2, 0) is 6.42 Å². The van der Waals surface area contributed by atoms with E-state index in [9.17, 15) is 0 Å². The maximum absolute atomic E-state index is 2.51. The molecule has 3 unspecified atom stereocenters. The van der Waals surface area contributed by atoms with E-state index in [1.807, 2.05) is 0 Å². The molecular weight excluding hydrogens is 278 g/mol. The number of benzene rings is 2. The van der Waals surface area contributed by atoms with Crippen molar-refractivity contribution in [3.63, 3.8) is 0 Å². The van der Waals surface area contributed by atoms with Crippen molar-refractivity contribution < 1.29 is 0 Å². The van der Waals surface area contributed by atoms with E-state index in [0.29, 0.717) is 5.92 Å². The summed E-state index contributed by atoms with van der Waals surface area (Å²) in [5.41, 5.74) is 4.62. The highest BCUT2D eigenvalue weighted by Gasteiger charge is 2.41. The smallest absolute Gasteiger partial charge is 0.0136 e. The van der Waals surface area contributed by atoms with Crippen molar-refractivity contribution in [3.8, 4) is 0 Å². The van der Waals surface area contributed by atoms with E-state index in [2.05, 4.69) is 66.5 Å². The molecule has 2 aliphatic rings. The molecule has 110 valence electrons. The molecule has 1 aliphatic carbocycles. The van der Waals surface area contributed by atoms with E-state index in [4.69, 9.17) is 0 Å². The highest BCUT2D eigenvalue weighted by Crippen LogP contribution is 2.46. The van der Waals surface area contributed by atoms with Gasteiger partial charge in [-0.25, -0.2) is 0 Å². The summed E-state index contributed by atoms with van der Waals surface area (Å²) in [6, 6.07) is 20.2. The first-order valence-electron chi connectivity index (χ1n) is 7.64. The van der Waals surface area contributed by atoms with Gasteiger partial charge in [0.05, 0.1) is 0 Å². The van der Waals surface area contributed by atoms with Gasteiger partial charge in [-0.3, -0.25) is 0 Å². The molecule has 0 radical (unpaired) electrons. The van der Waals surface area contributed by atoms with E-state index in [0.717, 1.165) is 11.8 Å². The average Bonchev–Trinajstić information content (AvgIpc) is 2.85. The van der Waals surface area contributed by atoms with Gasteiger partial charge in [0.25, 0.3) is 0 Å². The maximum Gasteiger partial charge on any atom is 0.0136 e. The molecule has 0 saturated carbocycles. The Balaban J connectivity index is 0.00000132. The van der Waals surface area contributed by atoms with Crippen LogP contribution in [0.2, 0.25) is 0 Å². The van der Waals surface area contributed by atoms with Crippen LogP contribution in [0.1, 0.15) is 22.6 Å². The number of fused-ring (bicyclic) bond motifs is 2. The molecule has 1 nitrogen and oxygen atoms in total. The van der Waals surface area contributed by atoms with E-state index in [1.165, 1.54) is 25.1 Å². The van der Waals surface area contributed by atoms with Crippen LogP contribution in [0.5, 0.6) is 0 Å². The van der Waals surface area contributed by atoms with Gasteiger partial charge in [0.2, 0.25) is 0 Å². The maximum atomic E-state index is 2.51. The van der Waals surface area contributed by atoms with Crippen molar-refractivity contribution in [2.45, 2.75) is 12.3 Å². The summed E-state index contributed by atoms with van der Waals surface area (Å²) >= 11 is 0. The van der Waals surface area contributed by atoms with Crippen molar-refractivity contribution in [1.82, 2.24) is 4.90 Å². The van der Waals surface area contributed by atoms with E-state index >= 15 is 0 Å². The molecule has 0 N–H and O–H groups in total. The molecule has 21 heavy (non-hydrogen) atoms. The zero-order valence-electron chi connectivity index (χ0n) is 12.4. The minimum absolute atomic E-state index is 0. The van der Waals surface area contributed by atoms with Crippen LogP contribution >= 0.6 is 12.4 Å². The molecule has 0 amide bonds. The lowest BCUT2D eigenvalue weighted by Gasteiger charge is -2.35. The first-order valence-corrected chi connectivity index (χ1v) is 7.64. The van der Waals surface area contributed by atoms with Gasteiger partial charge in [0.1, 0.15) is 0 Å². The van der Waals surface area contributed by atoms with Gasteiger partial charge in [-0.1, -0.05) is 54.6 Å². The number of hydrogen-bond acceptors (Lipinski definition) is 1. The molecule has 3 atom stereocenters. The van der Waals surface area contributed by atoms with Gasteiger partial charge < -0.3 is 4.90 Å². The Kier molecular flexibility index (Phi) is 4.05. The topological polar surface area (TPSA) is 3.24 Å². The monoisotopic (exact) mass is 299 g/mol. The number of rotatable bonds is 1. The lowest BCUT2D eigenvalue weighted by atomic mass is 9.68. The molecule has 4 rings (SSSR count). The summed E-state index contributed by atoms with van der Waals surface area (Å²) in [7, 11) is 2.27. The van der Waals surface area contributed by atoms with Crippen molar-refractivity contribution in [3.05, 3.63) is 71.3 Å². The van der Waals surface area contributed by atoms with Gasteiger partial charge in [0.15, 0.2) is 0 Å². The number of likely N-dealkylation sites (tertiary alicyclic amines) is 1. The Morgan fingerprint density at radius 3 is 2.43 bits per heavy atom. The lowest BCUT2D eigenvalue weighted by Crippen LogP contribution is -2.29. The number of hydrogen-bond donors (Lipinski definition) is 0. The van der Waals surface area contributed by atoms with Gasteiger partial charge in [-0.05, 0) is 42.0 Å². The average molecular weight is 300 g/mol. The molecule has 2 aromatic rings. The second-order valence-corrected chi connectivity index (χ2v) is 6.44. The fraction of sp³-hybridized carbons (Fsp3) is 0.368. The van der Waals surface area contributed by atoms with Crippen LogP contribution in [0.4, 0.5) is 0 Å². The Hall–Kier alpha value is -1.31. The highest BCUT2D eigenvalue weighted by atomic mass is 35.5. The molecule has 0 bridgehead atoms. The minimum atomic E-state index is 0. The third-order valence-electron chi connectivity index (χ3n) is 5.13. The molecule has 0 spiro atoms. The van der Waals surface area contributed by atoms with Crippen LogP contribution in [0.25, 0.3) is 0 Å². The predicted molar refractivity (Wildman–Crippen MR) is 90.2 cm³/mol. The molecule has 2 aromatic carbocycles. The third-order valence-corrected chi connectivity index (χ3v) is 5.13. The largest absolute Gasteiger partial charge is 0.306 e. The quantitative estimate of drug-likeness (QED) is 0.770. The summed E-state index contributed by atoms with van der Waals surface area (Å²) in [5.74, 6) is 2.17. The molecule has 1 saturated heterocycles. The van der Waals surface area contributed by atoms with Gasteiger partial charge in [-0.15, -0.1) is 12.4 Å². The molecule has 0 aromatic heterocycles. The van der Waals surface area contributed by atoms with E-state index in [-0.39, 0.29) is 12.4 Å². The first kappa shape index (κ1) is 14.6. The second kappa shape index (κ2) is 5.82. The Morgan fingerprint density at radius 1 is 0.905 bits per heavy atom. The predicted octanol–water partition coefficient (Wildman–Crippen LogP) is 3.97. The zero-order valence-corrected chi connectivity index (χ0v) is 13.2. The molecule has 2 heteroatoms. The second-order valence-electron chi connectivity index (χ2n) is 6.44. The Morgan fingerprint density at radius 2 is 1.62 bits per heavy atom. The van der Waals surface area contributed by atoms with Crippen LogP contribution in [-0.4, -0.2) is 25.0 Å². The van der Waals surface area contributed by atoms with E-state index < -0.39 is 0 Å². The fourth-order valence-corrected chi connectivity index (χ4v) is 4.34. The summed E-state index contributed by atoms with van der Waals surface area (Å²) < 4.78 is 0. The third kappa shape index (κ3) is 2.49. The molecule has 1 heterocycles. The summed E-state index contributed by atoms with van der Waals surface area (Å²) in [5, 5.41) is 0. The van der Waals surface area contributed by atoms with Crippen molar-refractivity contribution in [2.24, 2.45) is 11.8 Å². The highest BCUT2D eigenvalue weighted by molar-refractivity contribution is 5.85. The summed E-state index contributed by atoms with van der Waals surface area (Å²) in [6.45, 7) is 2.49. The van der Waals surface area contributed by atoms with Crippen LogP contribution in [0.3, 0.4) is 0 Å². The Bertz CT molecular complexity index is 610. The molecule has 1 aliphatic heterocycles. The van der Waals surface area contributed by atoms with Crippen molar-refractivity contribution in [1.29, 1.82) is 0 Å². The first-order chi connectivity index (χ1) is 9.83. The fourth-order valence-electron chi connectivity index (χ4n) is 4.34. The zero-order chi connectivity index (χ0) is 13.5. The van der Waals surface area contributed by atoms with Crippen molar-refractivity contribution in [2.75, 3.05) is 20.1 Å². The van der Waals surface area contributed by atoms with E-state index in [1.54, 1.807) is 11.1 Å². The number of nitrogens with zero attached hydrogens (tertiary/aromatic N) is 1. The van der Waals surface area contributed by atoms with Crippen LogP contribution < -0.4 is 0 Å². The van der Waals surface area contributed by atoms with Crippen LogP contribution in [0, 0.1) is 11.8 Å². The Labute approximate surface area is 133 Å². The summed E-state index contributed by atoms with van der Waals surface area (Å²) in [6.07, 6.45) is 1.26.